The van der Waals surface area contributed by atoms with Crippen molar-refractivity contribution in [2.75, 3.05) is 19.8 Å². The van der Waals surface area contributed by atoms with Gasteiger partial charge in [-0.3, -0.25) is 0 Å². The molecular weight excluding hydrogens is 280 g/mol. The first kappa shape index (κ1) is 15.1. The molecule has 0 spiro atoms. The molecular formula is C13H20N2O4S. The Morgan fingerprint density at radius 2 is 2.00 bits per heavy atom. The van der Waals surface area contributed by atoms with Crippen LogP contribution >= 0.6 is 0 Å². The quantitative estimate of drug-likeness (QED) is 0.813. The van der Waals surface area contributed by atoms with Crippen LogP contribution in [0.25, 0.3) is 0 Å². The fourth-order valence-corrected chi connectivity index (χ4v) is 2.92. The van der Waals surface area contributed by atoms with Crippen LogP contribution in [-0.4, -0.2) is 34.2 Å². The molecule has 7 heteroatoms. The summed E-state index contributed by atoms with van der Waals surface area (Å²) >= 11 is 0. The standard InChI is InChI=1S/C13H20N2O4S/c1-2-10(14)5-6-15-20(16,17)11-3-4-12-13(9-11)19-8-7-18-12/h3-4,9-10,15H,2,5-8,14H2,1H3. The molecule has 1 aliphatic rings. The van der Waals surface area contributed by atoms with Crippen LogP contribution in [0.1, 0.15) is 19.8 Å². The van der Waals surface area contributed by atoms with E-state index in [9.17, 15) is 8.42 Å². The van der Waals surface area contributed by atoms with E-state index in [1.54, 1.807) is 6.07 Å². The van der Waals surface area contributed by atoms with E-state index in [2.05, 4.69) is 4.72 Å². The maximum atomic E-state index is 12.1. The zero-order valence-corrected chi connectivity index (χ0v) is 12.3. The highest BCUT2D eigenvalue weighted by atomic mass is 32.2. The molecule has 1 aromatic rings. The number of ether oxygens (including phenoxy) is 2. The van der Waals surface area contributed by atoms with Crippen molar-refractivity contribution in [1.29, 1.82) is 0 Å². The number of nitrogens with two attached hydrogens (primary N) is 1. The molecule has 6 nitrogen and oxygen atoms in total. The molecule has 0 fully saturated rings. The van der Waals surface area contributed by atoms with Gasteiger partial charge in [0.15, 0.2) is 11.5 Å². The van der Waals surface area contributed by atoms with E-state index in [-0.39, 0.29) is 10.9 Å². The molecule has 0 saturated carbocycles. The maximum absolute atomic E-state index is 12.1. The minimum atomic E-state index is -3.54. The van der Waals surface area contributed by atoms with E-state index in [4.69, 9.17) is 15.2 Å². The second-order valence-electron chi connectivity index (χ2n) is 4.66. The molecule has 1 heterocycles. The van der Waals surface area contributed by atoms with Crippen LogP contribution in [0.4, 0.5) is 0 Å². The maximum Gasteiger partial charge on any atom is 0.240 e. The lowest BCUT2D eigenvalue weighted by molar-refractivity contribution is 0.171. The highest BCUT2D eigenvalue weighted by Gasteiger charge is 2.19. The summed E-state index contributed by atoms with van der Waals surface area (Å²) in [6, 6.07) is 4.62. The SMILES string of the molecule is CCC(N)CCNS(=O)(=O)c1ccc2c(c1)OCCO2. The van der Waals surface area contributed by atoms with Crippen molar-refractivity contribution >= 4 is 10.0 Å². The van der Waals surface area contributed by atoms with Crippen LogP contribution in [0, 0.1) is 0 Å². The van der Waals surface area contributed by atoms with E-state index >= 15 is 0 Å². The molecule has 0 radical (unpaired) electrons. The van der Waals surface area contributed by atoms with Crippen LogP contribution in [0.15, 0.2) is 23.1 Å². The Morgan fingerprint density at radius 1 is 1.30 bits per heavy atom. The minimum absolute atomic E-state index is 0.0120. The number of nitrogens with one attached hydrogen (secondary N) is 1. The summed E-state index contributed by atoms with van der Waals surface area (Å²) in [4.78, 5) is 0.173. The van der Waals surface area contributed by atoms with Crippen molar-refractivity contribution in [1.82, 2.24) is 4.72 Å². The van der Waals surface area contributed by atoms with Gasteiger partial charge >= 0.3 is 0 Å². The topological polar surface area (TPSA) is 90.7 Å². The minimum Gasteiger partial charge on any atom is -0.486 e. The Kier molecular flexibility index (Phi) is 4.85. The molecule has 3 N–H and O–H groups in total. The number of hydrogen-bond acceptors (Lipinski definition) is 5. The molecule has 1 unspecified atom stereocenters. The number of benzene rings is 1. The first-order valence-corrected chi connectivity index (χ1v) is 8.16. The van der Waals surface area contributed by atoms with Gasteiger partial charge in [-0.1, -0.05) is 6.92 Å². The molecule has 0 aromatic heterocycles. The van der Waals surface area contributed by atoms with Gasteiger partial charge in [-0.25, -0.2) is 13.1 Å². The monoisotopic (exact) mass is 300 g/mol. The largest absolute Gasteiger partial charge is 0.486 e. The van der Waals surface area contributed by atoms with Crippen LogP contribution in [-0.2, 0) is 10.0 Å². The van der Waals surface area contributed by atoms with E-state index in [1.807, 2.05) is 6.92 Å². The average molecular weight is 300 g/mol. The van der Waals surface area contributed by atoms with Crippen LogP contribution < -0.4 is 19.9 Å². The van der Waals surface area contributed by atoms with Gasteiger partial charge in [0.2, 0.25) is 10.0 Å². The average Bonchev–Trinajstić information content (AvgIpc) is 2.46. The summed E-state index contributed by atoms with van der Waals surface area (Å²) in [7, 11) is -3.54. The molecule has 0 saturated heterocycles. The summed E-state index contributed by atoms with van der Waals surface area (Å²) in [5.41, 5.74) is 5.76. The third kappa shape index (κ3) is 3.62. The zero-order chi connectivity index (χ0) is 14.6. The molecule has 0 aliphatic carbocycles. The Bertz CT molecular complexity index is 559. The third-order valence-electron chi connectivity index (χ3n) is 3.16. The molecule has 112 valence electrons. The predicted octanol–water partition coefficient (Wildman–Crippen LogP) is 0.863. The zero-order valence-electron chi connectivity index (χ0n) is 11.5. The highest BCUT2D eigenvalue weighted by Crippen LogP contribution is 2.32. The van der Waals surface area contributed by atoms with Crippen LogP contribution in [0.3, 0.4) is 0 Å². The number of rotatable bonds is 6. The van der Waals surface area contributed by atoms with Gasteiger partial charge in [-0.15, -0.1) is 0 Å². The molecule has 20 heavy (non-hydrogen) atoms. The summed E-state index contributed by atoms with van der Waals surface area (Å²) in [6.07, 6.45) is 1.44. The lowest BCUT2D eigenvalue weighted by Gasteiger charge is -2.19. The molecule has 1 atom stereocenters. The van der Waals surface area contributed by atoms with Crippen LogP contribution in [0.5, 0.6) is 11.5 Å². The Balaban J connectivity index is 2.05. The lowest BCUT2D eigenvalue weighted by Crippen LogP contribution is -2.30. The predicted molar refractivity (Wildman–Crippen MR) is 75.5 cm³/mol. The van der Waals surface area contributed by atoms with E-state index in [0.717, 1.165) is 6.42 Å². The van der Waals surface area contributed by atoms with Crippen molar-refractivity contribution in [2.45, 2.75) is 30.7 Å². The van der Waals surface area contributed by atoms with Gasteiger partial charge in [-0.05, 0) is 25.0 Å². The Labute approximate surface area is 119 Å². The summed E-state index contributed by atoms with van der Waals surface area (Å²) in [6.45, 7) is 3.20. The van der Waals surface area contributed by atoms with Gasteiger partial charge in [-0.2, -0.15) is 0 Å². The Hall–Kier alpha value is -1.31. The van der Waals surface area contributed by atoms with Gasteiger partial charge in [0.1, 0.15) is 13.2 Å². The fraction of sp³-hybridized carbons (Fsp3) is 0.538. The number of fused-ring (bicyclic) bond motifs is 1. The lowest BCUT2D eigenvalue weighted by atomic mass is 10.2. The molecule has 1 aromatic carbocycles. The van der Waals surface area contributed by atoms with Crippen LogP contribution in [0.2, 0.25) is 0 Å². The van der Waals surface area contributed by atoms with E-state index in [0.29, 0.717) is 37.7 Å². The number of sulfonamides is 1. The second kappa shape index (κ2) is 6.43. The molecule has 1 aliphatic heterocycles. The third-order valence-corrected chi connectivity index (χ3v) is 4.61. The first-order chi connectivity index (χ1) is 9.53. The van der Waals surface area contributed by atoms with Gasteiger partial charge < -0.3 is 15.2 Å². The van der Waals surface area contributed by atoms with Gasteiger partial charge in [0.25, 0.3) is 0 Å². The van der Waals surface area contributed by atoms with Crippen molar-refractivity contribution in [2.24, 2.45) is 5.73 Å². The van der Waals surface area contributed by atoms with Crippen molar-refractivity contribution < 1.29 is 17.9 Å². The van der Waals surface area contributed by atoms with Crippen molar-refractivity contribution in [3.8, 4) is 11.5 Å². The summed E-state index contributed by atoms with van der Waals surface area (Å²) in [5.74, 6) is 1.03. The van der Waals surface area contributed by atoms with Crippen molar-refractivity contribution in [3.05, 3.63) is 18.2 Å². The normalized spacial score (nSPS) is 15.9. The number of hydrogen-bond donors (Lipinski definition) is 2. The molecule has 0 bridgehead atoms. The Morgan fingerprint density at radius 3 is 2.70 bits per heavy atom. The molecule has 2 rings (SSSR count). The van der Waals surface area contributed by atoms with E-state index < -0.39 is 10.0 Å². The van der Waals surface area contributed by atoms with Gasteiger partial charge in [0.05, 0.1) is 4.90 Å². The second-order valence-corrected chi connectivity index (χ2v) is 6.43. The van der Waals surface area contributed by atoms with Crippen molar-refractivity contribution in [3.63, 3.8) is 0 Å². The van der Waals surface area contributed by atoms with E-state index in [1.165, 1.54) is 12.1 Å². The highest BCUT2D eigenvalue weighted by molar-refractivity contribution is 7.89. The summed E-state index contributed by atoms with van der Waals surface area (Å²) in [5, 5.41) is 0. The fourth-order valence-electron chi connectivity index (χ4n) is 1.86. The van der Waals surface area contributed by atoms with Gasteiger partial charge in [0, 0.05) is 18.7 Å². The smallest absolute Gasteiger partial charge is 0.240 e. The molecule has 0 amide bonds. The first-order valence-electron chi connectivity index (χ1n) is 6.68. The summed E-state index contributed by atoms with van der Waals surface area (Å²) < 4.78 is 37.6.